The molecule has 5 heteroatoms. The summed E-state index contributed by atoms with van der Waals surface area (Å²) in [6, 6.07) is 3.93. The number of fused-ring (bicyclic) bond motifs is 1. The highest BCUT2D eigenvalue weighted by atomic mass is 15.2. The van der Waals surface area contributed by atoms with Crippen molar-refractivity contribution in [3.8, 4) is 0 Å². The zero-order valence-electron chi connectivity index (χ0n) is 9.70. The third kappa shape index (κ3) is 2.49. The minimum absolute atomic E-state index is 0.831. The number of hydrogen-bond donors (Lipinski definition) is 2. The van der Waals surface area contributed by atoms with Crippen molar-refractivity contribution in [2.75, 3.05) is 32.5 Å². The number of anilines is 1. The number of pyridine rings is 1. The molecule has 0 aromatic carbocycles. The molecule has 0 aliphatic carbocycles. The van der Waals surface area contributed by atoms with Crippen molar-refractivity contribution < 1.29 is 0 Å². The first-order valence-electron chi connectivity index (χ1n) is 5.45. The fourth-order valence-corrected chi connectivity index (χ4v) is 1.59. The van der Waals surface area contributed by atoms with Crippen LogP contribution in [0.5, 0.6) is 0 Å². The minimum Gasteiger partial charge on any atom is -0.368 e. The predicted octanol–water partition coefficient (Wildman–Crippen LogP) is 1.32. The Morgan fingerprint density at radius 1 is 1.44 bits per heavy atom. The van der Waals surface area contributed by atoms with E-state index in [1.54, 1.807) is 6.20 Å². The summed E-state index contributed by atoms with van der Waals surface area (Å²) >= 11 is 0. The number of rotatable bonds is 5. The van der Waals surface area contributed by atoms with E-state index in [0.29, 0.717) is 0 Å². The molecule has 0 aliphatic rings. The number of hydrogen-bond acceptors (Lipinski definition) is 4. The summed E-state index contributed by atoms with van der Waals surface area (Å²) in [4.78, 5) is 6.36. The van der Waals surface area contributed by atoms with Crippen molar-refractivity contribution in [3.05, 3.63) is 18.3 Å². The summed E-state index contributed by atoms with van der Waals surface area (Å²) in [5.74, 6) is 0.891. The smallest absolute Gasteiger partial charge is 0.157 e. The van der Waals surface area contributed by atoms with Crippen LogP contribution in [-0.4, -0.2) is 47.3 Å². The average molecular weight is 219 g/mol. The molecular formula is C11H17N5. The van der Waals surface area contributed by atoms with E-state index in [4.69, 9.17) is 0 Å². The van der Waals surface area contributed by atoms with Crippen LogP contribution in [0.3, 0.4) is 0 Å². The fourth-order valence-electron chi connectivity index (χ4n) is 1.59. The molecule has 2 aromatic rings. The molecule has 0 amide bonds. The molecule has 0 radical (unpaired) electrons. The third-order valence-corrected chi connectivity index (χ3v) is 2.41. The molecule has 0 bridgehead atoms. The van der Waals surface area contributed by atoms with Crippen LogP contribution in [0, 0.1) is 0 Å². The number of nitrogens with zero attached hydrogens (tertiary/aromatic N) is 3. The SMILES string of the molecule is CN(C)CCCNc1n[nH]c2ncccc12. The standard InChI is InChI=1S/C11H17N5/c1-16(2)8-4-7-13-11-9-5-3-6-12-10(9)14-15-11/h3,5-6H,4,7-8H2,1-2H3,(H2,12,13,14,15). The van der Waals surface area contributed by atoms with Crippen molar-refractivity contribution in [1.82, 2.24) is 20.1 Å². The summed E-state index contributed by atoms with van der Waals surface area (Å²) in [6.07, 6.45) is 2.86. The van der Waals surface area contributed by atoms with Gasteiger partial charge in [0.2, 0.25) is 0 Å². The van der Waals surface area contributed by atoms with E-state index in [2.05, 4.69) is 39.5 Å². The maximum Gasteiger partial charge on any atom is 0.157 e. The first-order chi connectivity index (χ1) is 7.77. The molecule has 0 saturated heterocycles. The lowest BCUT2D eigenvalue weighted by Crippen LogP contribution is -2.16. The van der Waals surface area contributed by atoms with Gasteiger partial charge in [0.15, 0.2) is 11.5 Å². The zero-order valence-corrected chi connectivity index (χ0v) is 9.70. The van der Waals surface area contributed by atoms with E-state index in [0.717, 1.165) is 36.4 Å². The van der Waals surface area contributed by atoms with Gasteiger partial charge in [0, 0.05) is 12.7 Å². The lowest BCUT2D eigenvalue weighted by atomic mass is 10.3. The number of H-pyrrole nitrogens is 1. The minimum atomic E-state index is 0.831. The van der Waals surface area contributed by atoms with Crippen molar-refractivity contribution in [3.63, 3.8) is 0 Å². The number of nitrogens with one attached hydrogen (secondary N) is 2. The van der Waals surface area contributed by atoms with E-state index in [9.17, 15) is 0 Å². The fraction of sp³-hybridized carbons (Fsp3) is 0.455. The van der Waals surface area contributed by atoms with E-state index in [-0.39, 0.29) is 0 Å². The lowest BCUT2D eigenvalue weighted by Gasteiger charge is -2.09. The first kappa shape index (κ1) is 10.9. The normalized spacial score (nSPS) is 11.2. The van der Waals surface area contributed by atoms with Gasteiger partial charge in [-0.3, -0.25) is 5.10 Å². The van der Waals surface area contributed by atoms with E-state index in [1.807, 2.05) is 12.1 Å². The molecule has 0 aliphatic heterocycles. The number of aromatic nitrogens is 3. The van der Waals surface area contributed by atoms with Crippen molar-refractivity contribution in [1.29, 1.82) is 0 Å². The second-order valence-corrected chi connectivity index (χ2v) is 4.06. The molecule has 86 valence electrons. The second-order valence-electron chi connectivity index (χ2n) is 4.06. The Balaban J connectivity index is 1.94. The van der Waals surface area contributed by atoms with Crippen LogP contribution in [0.25, 0.3) is 11.0 Å². The summed E-state index contributed by atoms with van der Waals surface area (Å²) < 4.78 is 0. The van der Waals surface area contributed by atoms with Crippen LogP contribution >= 0.6 is 0 Å². The van der Waals surface area contributed by atoms with Gasteiger partial charge in [0.25, 0.3) is 0 Å². The van der Waals surface area contributed by atoms with Gasteiger partial charge in [-0.25, -0.2) is 4.98 Å². The van der Waals surface area contributed by atoms with E-state index >= 15 is 0 Å². The highest BCUT2D eigenvalue weighted by molar-refractivity contribution is 5.86. The van der Waals surface area contributed by atoms with Crippen LogP contribution in [0.1, 0.15) is 6.42 Å². The molecular weight excluding hydrogens is 202 g/mol. The summed E-state index contributed by atoms with van der Waals surface area (Å²) in [6.45, 7) is 2.00. The Morgan fingerprint density at radius 3 is 3.12 bits per heavy atom. The molecule has 0 atom stereocenters. The predicted molar refractivity (Wildman–Crippen MR) is 65.5 cm³/mol. The van der Waals surface area contributed by atoms with Gasteiger partial charge in [-0.1, -0.05) is 0 Å². The first-order valence-corrected chi connectivity index (χ1v) is 5.45. The van der Waals surface area contributed by atoms with Gasteiger partial charge in [-0.15, -0.1) is 0 Å². The molecule has 2 heterocycles. The summed E-state index contributed by atoms with van der Waals surface area (Å²) in [5, 5.41) is 11.5. The van der Waals surface area contributed by atoms with Gasteiger partial charge in [0.1, 0.15) is 0 Å². The average Bonchev–Trinajstić information content (AvgIpc) is 2.68. The Kier molecular flexibility index (Phi) is 3.36. The van der Waals surface area contributed by atoms with Gasteiger partial charge >= 0.3 is 0 Å². The van der Waals surface area contributed by atoms with E-state index in [1.165, 1.54) is 0 Å². The van der Waals surface area contributed by atoms with Crippen LogP contribution in [0.2, 0.25) is 0 Å². The van der Waals surface area contributed by atoms with Crippen LogP contribution in [-0.2, 0) is 0 Å². The molecule has 0 fully saturated rings. The molecule has 5 nitrogen and oxygen atoms in total. The molecule has 16 heavy (non-hydrogen) atoms. The van der Waals surface area contributed by atoms with Crippen molar-refractivity contribution in [2.45, 2.75) is 6.42 Å². The highest BCUT2D eigenvalue weighted by Gasteiger charge is 2.04. The Bertz CT molecular complexity index is 448. The van der Waals surface area contributed by atoms with Gasteiger partial charge in [-0.05, 0) is 39.2 Å². The molecule has 0 spiro atoms. The molecule has 2 rings (SSSR count). The zero-order chi connectivity index (χ0) is 11.4. The van der Waals surface area contributed by atoms with Gasteiger partial charge < -0.3 is 10.2 Å². The topological polar surface area (TPSA) is 56.8 Å². The van der Waals surface area contributed by atoms with Crippen molar-refractivity contribution >= 4 is 16.9 Å². The van der Waals surface area contributed by atoms with Crippen molar-refractivity contribution in [2.24, 2.45) is 0 Å². The Labute approximate surface area is 94.9 Å². The van der Waals surface area contributed by atoms with Gasteiger partial charge in [0.05, 0.1) is 5.39 Å². The molecule has 0 unspecified atom stereocenters. The molecule has 2 aromatic heterocycles. The monoisotopic (exact) mass is 219 g/mol. The third-order valence-electron chi connectivity index (χ3n) is 2.41. The largest absolute Gasteiger partial charge is 0.368 e. The summed E-state index contributed by atoms with van der Waals surface area (Å²) in [7, 11) is 4.15. The lowest BCUT2D eigenvalue weighted by molar-refractivity contribution is 0.405. The second kappa shape index (κ2) is 4.94. The Hall–Kier alpha value is -1.62. The Morgan fingerprint density at radius 2 is 2.31 bits per heavy atom. The molecule has 2 N–H and O–H groups in total. The number of aromatic amines is 1. The maximum atomic E-state index is 4.20. The quantitative estimate of drug-likeness (QED) is 0.745. The van der Waals surface area contributed by atoms with E-state index < -0.39 is 0 Å². The van der Waals surface area contributed by atoms with Gasteiger partial charge in [-0.2, -0.15) is 5.10 Å². The molecule has 0 saturated carbocycles. The highest BCUT2D eigenvalue weighted by Crippen LogP contribution is 2.17. The maximum absolute atomic E-state index is 4.20. The summed E-state index contributed by atoms with van der Waals surface area (Å²) in [5.41, 5.74) is 0.831. The van der Waals surface area contributed by atoms with Crippen LogP contribution in [0.15, 0.2) is 18.3 Å². The van der Waals surface area contributed by atoms with Crippen LogP contribution in [0.4, 0.5) is 5.82 Å². The van der Waals surface area contributed by atoms with Crippen LogP contribution < -0.4 is 5.32 Å².